The molecule has 0 rings (SSSR count). The normalized spacial score (nSPS) is 14.6. The summed E-state index contributed by atoms with van der Waals surface area (Å²) in [5, 5.41) is 9.04. The maximum atomic E-state index is 11.6. The van der Waals surface area contributed by atoms with Crippen LogP contribution in [0.5, 0.6) is 0 Å². The van der Waals surface area contributed by atoms with Crippen LogP contribution in [0.4, 0.5) is 0 Å². The van der Waals surface area contributed by atoms with Gasteiger partial charge in [0.05, 0.1) is 17.0 Å². The van der Waals surface area contributed by atoms with Gasteiger partial charge in [0.15, 0.2) is 0 Å². The van der Waals surface area contributed by atoms with Gasteiger partial charge in [-0.05, 0) is 20.3 Å². The Kier molecular flexibility index (Phi) is 5.64. The summed E-state index contributed by atoms with van der Waals surface area (Å²) in [5.41, 5.74) is 5.37. The molecule has 3 N–H and O–H groups in total. The highest BCUT2D eigenvalue weighted by Gasteiger charge is 2.19. The average molecular weight is 218 g/mol. The van der Waals surface area contributed by atoms with E-state index in [-0.39, 0.29) is 10.9 Å². The molecule has 0 fully saturated rings. The quantitative estimate of drug-likeness (QED) is 0.644. The van der Waals surface area contributed by atoms with Gasteiger partial charge in [0.1, 0.15) is 0 Å². The molecule has 0 heterocycles. The van der Waals surface area contributed by atoms with Gasteiger partial charge in [-0.3, -0.25) is 4.79 Å². The summed E-state index contributed by atoms with van der Waals surface area (Å²) >= 11 is 4.73. The predicted molar refractivity (Wildman–Crippen MR) is 59.9 cm³/mol. The minimum Gasteiger partial charge on any atom is -0.393 e. The molecule has 0 aliphatic carbocycles. The zero-order valence-corrected chi connectivity index (χ0v) is 9.67. The lowest BCUT2D eigenvalue weighted by molar-refractivity contribution is -0.131. The first-order valence-electron chi connectivity index (χ1n) is 4.58. The topological polar surface area (TPSA) is 66.6 Å². The maximum Gasteiger partial charge on any atom is 0.231 e. The van der Waals surface area contributed by atoms with Crippen molar-refractivity contribution in [3.63, 3.8) is 0 Å². The van der Waals surface area contributed by atoms with Crippen LogP contribution in [0.1, 0.15) is 20.3 Å². The third-order valence-electron chi connectivity index (χ3n) is 2.06. The van der Waals surface area contributed by atoms with Gasteiger partial charge >= 0.3 is 0 Å². The lowest BCUT2D eigenvalue weighted by Crippen LogP contribution is -2.38. The number of aliphatic hydroxyl groups is 1. The molecule has 0 radical (unpaired) electrons. The van der Waals surface area contributed by atoms with Gasteiger partial charge in [-0.25, -0.2) is 0 Å². The number of amides is 1. The van der Waals surface area contributed by atoms with E-state index >= 15 is 0 Å². The summed E-state index contributed by atoms with van der Waals surface area (Å²) < 4.78 is 0. The number of nitrogens with zero attached hydrogens (tertiary/aromatic N) is 1. The molecule has 0 saturated carbocycles. The number of carbonyl (C=O) groups is 1. The third-order valence-corrected chi connectivity index (χ3v) is 2.41. The molecule has 0 aromatic rings. The number of carbonyl (C=O) groups excluding carboxylic acids is 1. The van der Waals surface area contributed by atoms with Crippen LogP contribution in [0, 0.1) is 5.92 Å². The van der Waals surface area contributed by atoms with Crippen molar-refractivity contribution in [2.45, 2.75) is 26.4 Å². The van der Waals surface area contributed by atoms with E-state index in [0.29, 0.717) is 13.0 Å². The van der Waals surface area contributed by atoms with Crippen LogP contribution in [0.25, 0.3) is 0 Å². The van der Waals surface area contributed by atoms with Gasteiger partial charge in [-0.2, -0.15) is 0 Å². The fourth-order valence-corrected chi connectivity index (χ4v) is 1.04. The molecule has 82 valence electrons. The third kappa shape index (κ3) is 4.53. The highest BCUT2D eigenvalue weighted by molar-refractivity contribution is 7.80. The summed E-state index contributed by atoms with van der Waals surface area (Å²) in [4.78, 5) is 13.3. The van der Waals surface area contributed by atoms with Crippen molar-refractivity contribution in [2.24, 2.45) is 11.7 Å². The van der Waals surface area contributed by atoms with Crippen molar-refractivity contribution in [1.29, 1.82) is 0 Å². The van der Waals surface area contributed by atoms with Gasteiger partial charge in [0.2, 0.25) is 5.91 Å². The maximum absolute atomic E-state index is 11.6. The molecule has 0 bridgehead atoms. The molecule has 1 amide bonds. The Bertz CT molecular complexity index is 219. The first-order chi connectivity index (χ1) is 6.36. The van der Waals surface area contributed by atoms with Gasteiger partial charge in [0.25, 0.3) is 0 Å². The van der Waals surface area contributed by atoms with Crippen LogP contribution in [-0.2, 0) is 4.79 Å². The Morgan fingerprint density at radius 1 is 1.57 bits per heavy atom. The lowest BCUT2D eigenvalue weighted by Gasteiger charge is -2.21. The molecule has 0 spiro atoms. The fourth-order valence-electron chi connectivity index (χ4n) is 0.943. The van der Waals surface area contributed by atoms with E-state index in [0.717, 1.165) is 0 Å². The number of nitrogens with two attached hydrogens (primary N) is 1. The Morgan fingerprint density at radius 3 is 2.43 bits per heavy atom. The van der Waals surface area contributed by atoms with Crippen molar-refractivity contribution < 1.29 is 9.90 Å². The highest BCUT2D eigenvalue weighted by atomic mass is 32.1. The minimum absolute atomic E-state index is 0.0989. The van der Waals surface area contributed by atoms with Gasteiger partial charge < -0.3 is 15.7 Å². The lowest BCUT2D eigenvalue weighted by atomic mass is 10.1. The van der Waals surface area contributed by atoms with Crippen LogP contribution in [0.2, 0.25) is 0 Å². The Hall–Kier alpha value is -0.680. The van der Waals surface area contributed by atoms with Crippen molar-refractivity contribution in [3.05, 3.63) is 0 Å². The van der Waals surface area contributed by atoms with E-state index in [1.54, 1.807) is 20.9 Å². The zero-order chi connectivity index (χ0) is 11.3. The molecule has 2 unspecified atom stereocenters. The second-order valence-corrected chi connectivity index (χ2v) is 3.99. The van der Waals surface area contributed by atoms with Crippen molar-refractivity contribution in [3.8, 4) is 0 Å². The number of thiocarbonyl (C=S) groups is 1. The van der Waals surface area contributed by atoms with Crippen molar-refractivity contribution >= 4 is 23.1 Å². The summed E-state index contributed by atoms with van der Waals surface area (Å²) in [5.74, 6) is -0.526. The standard InChI is InChI=1S/C9H18N2O2S/c1-6(12)4-5-11(3)9(13)7(2)8(10)14/h6-7,12H,4-5H2,1-3H3,(H2,10,14). The van der Waals surface area contributed by atoms with Crippen LogP contribution in [-0.4, -0.2) is 40.6 Å². The van der Waals surface area contributed by atoms with Gasteiger partial charge in [0, 0.05) is 13.6 Å². The first kappa shape index (κ1) is 13.3. The number of aliphatic hydroxyl groups excluding tert-OH is 1. The van der Waals surface area contributed by atoms with E-state index in [9.17, 15) is 4.79 Å². The smallest absolute Gasteiger partial charge is 0.231 e. The molecule has 0 aromatic heterocycles. The van der Waals surface area contributed by atoms with Gasteiger partial charge in [-0.1, -0.05) is 12.2 Å². The molecule has 2 atom stereocenters. The molecule has 5 heteroatoms. The molecule has 0 aliphatic rings. The summed E-state index contributed by atoms with van der Waals surface area (Å²) in [6.07, 6.45) is 0.164. The van der Waals surface area contributed by atoms with Crippen molar-refractivity contribution in [1.82, 2.24) is 4.90 Å². The fraction of sp³-hybridized carbons (Fsp3) is 0.778. The monoisotopic (exact) mass is 218 g/mol. The van der Waals surface area contributed by atoms with Crippen LogP contribution < -0.4 is 5.73 Å². The molecule has 0 saturated heterocycles. The summed E-state index contributed by atoms with van der Waals surface area (Å²) in [6.45, 7) is 3.89. The molecular weight excluding hydrogens is 200 g/mol. The molecule has 0 aliphatic heterocycles. The average Bonchev–Trinajstić information content (AvgIpc) is 2.11. The van der Waals surface area contributed by atoms with E-state index in [1.807, 2.05) is 0 Å². The second-order valence-electron chi connectivity index (χ2n) is 3.52. The second kappa shape index (κ2) is 5.93. The van der Waals surface area contributed by atoms with E-state index < -0.39 is 12.0 Å². The Balaban J connectivity index is 4.05. The summed E-state index contributed by atoms with van der Waals surface area (Å²) in [7, 11) is 1.68. The Labute approximate surface area is 90.1 Å². The number of hydrogen-bond donors (Lipinski definition) is 2. The molecule has 0 aromatic carbocycles. The van der Waals surface area contributed by atoms with E-state index in [2.05, 4.69) is 0 Å². The van der Waals surface area contributed by atoms with Crippen LogP contribution >= 0.6 is 12.2 Å². The summed E-state index contributed by atoms with van der Waals surface area (Å²) in [6, 6.07) is 0. The predicted octanol–water partition coefficient (Wildman–Crippen LogP) is 0.138. The van der Waals surface area contributed by atoms with Crippen LogP contribution in [0.3, 0.4) is 0 Å². The molecule has 4 nitrogen and oxygen atoms in total. The minimum atomic E-state index is -0.427. The molecule has 14 heavy (non-hydrogen) atoms. The SMILES string of the molecule is CC(O)CCN(C)C(=O)C(C)C(N)=S. The van der Waals surface area contributed by atoms with E-state index in [1.165, 1.54) is 4.90 Å². The Morgan fingerprint density at radius 2 is 2.07 bits per heavy atom. The molecular formula is C9H18N2O2S. The highest BCUT2D eigenvalue weighted by Crippen LogP contribution is 2.03. The first-order valence-corrected chi connectivity index (χ1v) is 4.99. The zero-order valence-electron chi connectivity index (χ0n) is 8.86. The number of hydrogen-bond acceptors (Lipinski definition) is 3. The van der Waals surface area contributed by atoms with E-state index in [4.69, 9.17) is 23.1 Å². The van der Waals surface area contributed by atoms with Crippen LogP contribution in [0.15, 0.2) is 0 Å². The number of rotatable bonds is 5. The largest absolute Gasteiger partial charge is 0.393 e. The van der Waals surface area contributed by atoms with Crippen molar-refractivity contribution in [2.75, 3.05) is 13.6 Å². The van der Waals surface area contributed by atoms with Gasteiger partial charge in [-0.15, -0.1) is 0 Å².